The summed E-state index contributed by atoms with van der Waals surface area (Å²) in [7, 11) is 0. The fraction of sp³-hybridized carbons (Fsp3) is 0.400. The normalized spacial score (nSPS) is 17.9. The van der Waals surface area contributed by atoms with Crippen molar-refractivity contribution in [2.75, 3.05) is 0 Å². The summed E-state index contributed by atoms with van der Waals surface area (Å²) in [5.74, 6) is 1.32. The molecule has 1 fully saturated rings. The lowest BCUT2D eigenvalue weighted by atomic mass is 10.3. The lowest BCUT2D eigenvalue weighted by molar-refractivity contribution is 0.344. The van der Waals surface area contributed by atoms with Crippen LogP contribution in [0.25, 0.3) is 0 Å². The highest BCUT2D eigenvalue weighted by Gasteiger charge is 2.45. The zero-order chi connectivity index (χ0) is 10.3. The van der Waals surface area contributed by atoms with Gasteiger partial charge in [0.25, 0.3) is 0 Å². The van der Waals surface area contributed by atoms with Gasteiger partial charge in [0, 0.05) is 11.3 Å². The van der Waals surface area contributed by atoms with Gasteiger partial charge >= 0.3 is 0 Å². The SMILES string of the molecule is NC1(c2nc(Cc3cccs3)no2)CC1. The van der Waals surface area contributed by atoms with E-state index >= 15 is 0 Å². The molecule has 78 valence electrons. The molecule has 0 saturated heterocycles. The summed E-state index contributed by atoms with van der Waals surface area (Å²) in [6.07, 6.45) is 2.64. The van der Waals surface area contributed by atoms with Gasteiger partial charge in [-0.1, -0.05) is 11.2 Å². The van der Waals surface area contributed by atoms with Crippen molar-refractivity contribution in [3.8, 4) is 0 Å². The Balaban J connectivity index is 1.79. The summed E-state index contributed by atoms with van der Waals surface area (Å²) in [4.78, 5) is 5.56. The van der Waals surface area contributed by atoms with E-state index in [1.54, 1.807) is 11.3 Å². The summed E-state index contributed by atoms with van der Waals surface area (Å²) in [5, 5.41) is 5.98. The van der Waals surface area contributed by atoms with Crippen LogP contribution in [0.15, 0.2) is 22.0 Å². The average Bonchev–Trinajstić information content (AvgIpc) is 2.75. The van der Waals surface area contributed by atoms with E-state index in [1.807, 2.05) is 11.4 Å². The molecular formula is C10H11N3OS. The molecule has 4 nitrogen and oxygen atoms in total. The van der Waals surface area contributed by atoms with Gasteiger partial charge in [-0.15, -0.1) is 11.3 Å². The van der Waals surface area contributed by atoms with Crippen molar-refractivity contribution in [3.05, 3.63) is 34.1 Å². The highest BCUT2D eigenvalue weighted by molar-refractivity contribution is 7.09. The van der Waals surface area contributed by atoms with Gasteiger partial charge < -0.3 is 10.3 Å². The molecule has 2 aromatic heterocycles. The molecule has 1 saturated carbocycles. The number of nitrogens with two attached hydrogens (primary N) is 1. The van der Waals surface area contributed by atoms with Crippen LogP contribution in [0.1, 0.15) is 29.4 Å². The van der Waals surface area contributed by atoms with Gasteiger partial charge in [-0.2, -0.15) is 4.98 Å². The molecule has 5 heteroatoms. The van der Waals surface area contributed by atoms with Crippen molar-refractivity contribution < 1.29 is 4.52 Å². The predicted molar refractivity (Wildman–Crippen MR) is 56.5 cm³/mol. The Morgan fingerprint density at radius 3 is 3.07 bits per heavy atom. The van der Waals surface area contributed by atoms with Crippen LogP contribution in [-0.4, -0.2) is 10.1 Å². The van der Waals surface area contributed by atoms with Crippen molar-refractivity contribution >= 4 is 11.3 Å². The average molecular weight is 221 g/mol. The third kappa shape index (κ3) is 1.68. The zero-order valence-corrected chi connectivity index (χ0v) is 8.96. The lowest BCUT2D eigenvalue weighted by Crippen LogP contribution is -2.19. The van der Waals surface area contributed by atoms with Gasteiger partial charge in [0.1, 0.15) is 0 Å². The van der Waals surface area contributed by atoms with Crippen LogP contribution in [-0.2, 0) is 12.0 Å². The largest absolute Gasteiger partial charge is 0.337 e. The number of hydrogen-bond acceptors (Lipinski definition) is 5. The molecule has 0 aliphatic heterocycles. The lowest BCUT2D eigenvalue weighted by Gasteiger charge is -1.97. The molecule has 0 radical (unpaired) electrons. The van der Waals surface area contributed by atoms with E-state index in [0.29, 0.717) is 5.89 Å². The third-order valence-electron chi connectivity index (χ3n) is 2.60. The second-order valence-corrected chi connectivity index (χ2v) is 4.96. The van der Waals surface area contributed by atoms with Crippen LogP contribution in [0.3, 0.4) is 0 Å². The summed E-state index contributed by atoms with van der Waals surface area (Å²) in [5.41, 5.74) is 5.64. The Morgan fingerprint density at radius 2 is 2.40 bits per heavy atom. The van der Waals surface area contributed by atoms with Crippen LogP contribution in [0.4, 0.5) is 0 Å². The summed E-state index contributed by atoms with van der Waals surface area (Å²) >= 11 is 1.70. The summed E-state index contributed by atoms with van der Waals surface area (Å²) in [6, 6.07) is 4.09. The minimum Gasteiger partial charge on any atom is -0.337 e. The molecule has 3 rings (SSSR count). The molecule has 1 aliphatic carbocycles. The van der Waals surface area contributed by atoms with E-state index in [0.717, 1.165) is 25.1 Å². The maximum atomic E-state index is 5.96. The molecule has 0 spiro atoms. The van der Waals surface area contributed by atoms with E-state index in [4.69, 9.17) is 10.3 Å². The minimum absolute atomic E-state index is 0.319. The fourth-order valence-corrected chi connectivity index (χ4v) is 2.15. The molecule has 2 heterocycles. The number of thiophene rings is 1. The second-order valence-electron chi connectivity index (χ2n) is 3.93. The van der Waals surface area contributed by atoms with Gasteiger partial charge in [-0.25, -0.2) is 0 Å². The van der Waals surface area contributed by atoms with Gasteiger partial charge in [0.05, 0.1) is 5.54 Å². The highest BCUT2D eigenvalue weighted by atomic mass is 32.1. The van der Waals surface area contributed by atoms with Gasteiger partial charge in [-0.05, 0) is 24.3 Å². The summed E-state index contributed by atoms with van der Waals surface area (Å²) in [6.45, 7) is 0. The molecule has 15 heavy (non-hydrogen) atoms. The van der Waals surface area contributed by atoms with Gasteiger partial charge in [-0.3, -0.25) is 0 Å². The zero-order valence-electron chi connectivity index (χ0n) is 8.14. The molecule has 0 unspecified atom stereocenters. The smallest absolute Gasteiger partial charge is 0.246 e. The monoisotopic (exact) mass is 221 g/mol. The molecule has 1 aliphatic rings. The number of nitrogens with zero attached hydrogens (tertiary/aromatic N) is 2. The van der Waals surface area contributed by atoms with Crippen molar-refractivity contribution in [3.63, 3.8) is 0 Å². The van der Waals surface area contributed by atoms with Crippen LogP contribution < -0.4 is 5.73 Å². The van der Waals surface area contributed by atoms with Crippen molar-refractivity contribution in [2.45, 2.75) is 24.8 Å². The number of aromatic nitrogens is 2. The maximum Gasteiger partial charge on any atom is 0.246 e. The van der Waals surface area contributed by atoms with E-state index in [-0.39, 0.29) is 5.54 Å². The first-order valence-corrected chi connectivity index (χ1v) is 5.79. The Hall–Kier alpha value is -1.20. The van der Waals surface area contributed by atoms with Crippen LogP contribution in [0.5, 0.6) is 0 Å². The fourth-order valence-electron chi connectivity index (χ4n) is 1.45. The van der Waals surface area contributed by atoms with Gasteiger partial charge in [0.2, 0.25) is 5.89 Å². The molecule has 0 amide bonds. The predicted octanol–water partition coefficient (Wildman–Crippen LogP) is 1.67. The Labute approximate surface area is 91.1 Å². The molecule has 0 bridgehead atoms. The molecular weight excluding hydrogens is 210 g/mol. The Morgan fingerprint density at radius 1 is 1.53 bits per heavy atom. The standard InChI is InChI=1S/C10H11N3OS/c11-10(3-4-10)9-12-8(13-14-9)6-7-2-1-5-15-7/h1-2,5H,3-4,6,11H2. The summed E-state index contributed by atoms with van der Waals surface area (Å²) < 4.78 is 5.16. The van der Waals surface area contributed by atoms with Crippen molar-refractivity contribution in [1.82, 2.24) is 10.1 Å². The number of rotatable bonds is 3. The van der Waals surface area contributed by atoms with Crippen molar-refractivity contribution in [1.29, 1.82) is 0 Å². The van der Waals surface area contributed by atoms with Gasteiger partial charge in [0.15, 0.2) is 5.82 Å². The molecule has 2 aromatic rings. The van der Waals surface area contributed by atoms with E-state index in [9.17, 15) is 0 Å². The number of hydrogen-bond donors (Lipinski definition) is 1. The molecule has 2 N–H and O–H groups in total. The molecule has 0 atom stereocenters. The minimum atomic E-state index is -0.319. The Kier molecular flexibility index (Phi) is 1.90. The highest BCUT2D eigenvalue weighted by Crippen LogP contribution is 2.41. The van der Waals surface area contributed by atoms with Crippen LogP contribution >= 0.6 is 11.3 Å². The molecule has 0 aromatic carbocycles. The van der Waals surface area contributed by atoms with E-state index in [2.05, 4.69) is 16.2 Å². The second kappa shape index (κ2) is 3.15. The first kappa shape index (κ1) is 9.06. The van der Waals surface area contributed by atoms with Crippen LogP contribution in [0, 0.1) is 0 Å². The van der Waals surface area contributed by atoms with E-state index in [1.165, 1.54) is 4.88 Å². The quantitative estimate of drug-likeness (QED) is 0.856. The topological polar surface area (TPSA) is 64.9 Å². The first-order valence-electron chi connectivity index (χ1n) is 4.91. The Bertz CT molecular complexity index is 459. The van der Waals surface area contributed by atoms with E-state index < -0.39 is 0 Å². The van der Waals surface area contributed by atoms with Crippen molar-refractivity contribution in [2.24, 2.45) is 5.73 Å². The first-order chi connectivity index (χ1) is 7.26. The van der Waals surface area contributed by atoms with Crippen LogP contribution in [0.2, 0.25) is 0 Å². The third-order valence-corrected chi connectivity index (χ3v) is 3.47. The maximum absolute atomic E-state index is 5.96.